The summed E-state index contributed by atoms with van der Waals surface area (Å²) in [6, 6.07) is 1.32. The first-order valence-corrected chi connectivity index (χ1v) is 7.34. The SMILES string of the molecule is CCN1CCC(NC2CCCCC2OC)CC1. The Hall–Kier alpha value is -0.120. The van der Waals surface area contributed by atoms with E-state index in [9.17, 15) is 0 Å². The maximum absolute atomic E-state index is 5.61. The van der Waals surface area contributed by atoms with E-state index in [4.69, 9.17) is 4.74 Å². The normalized spacial score (nSPS) is 32.8. The number of methoxy groups -OCH3 is 1. The van der Waals surface area contributed by atoms with Crippen molar-refractivity contribution in [2.24, 2.45) is 0 Å². The predicted octanol–water partition coefficient (Wildman–Crippen LogP) is 2.02. The van der Waals surface area contributed by atoms with Gasteiger partial charge in [-0.15, -0.1) is 0 Å². The molecule has 17 heavy (non-hydrogen) atoms. The van der Waals surface area contributed by atoms with Crippen LogP contribution in [0.1, 0.15) is 45.4 Å². The Kier molecular flexibility index (Phi) is 5.26. The predicted molar refractivity (Wildman–Crippen MR) is 71.3 cm³/mol. The molecule has 2 unspecified atom stereocenters. The van der Waals surface area contributed by atoms with Gasteiger partial charge in [0.15, 0.2) is 0 Å². The lowest BCUT2D eigenvalue weighted by molar-refractivity contribution is 0.0337. The minimum atomic E-state index is 0.452. The maximum Gasteiger partial charge on any atom is 0.0724 e. The monoisotopic (exact) mass is 240 g/mol. The summed E-state index contributed by atoms with van der Waals surface area (Å²) in [7, 11) is 1.87. The number of hydrogen-bond acceptors (Lipinski definition) is 3. The Labute approximate surface area is 106 Å². The summed E-state index contributed by atoms with van der Waals surface area (Å²) in [6.45, 7) is 5.99. The third-order valence-electron chi connectivity index (χ3n) is 4.49. The van der Waals surface area contributed by atoms with E-state index < -0.39 is 0 Å². The molecule has 0 aromatic carbocycles. The molecule has 1 saturated heterocycles. The average Bonchev–Trinajstić information content (AvgIpc) is 2.40. The van der Waals surface area contributed by atoms with Gasteiger partial charge >= 0.3 is 0 Å². The second-order valence-electron chi connectivity index (χ2n) is 5.54. The number of hydrogen-bond donors (Lipinski definition) is 1. The van der Waals surface area contributed by atoms with E-state index in [-0.39, 0.29) is 0 Å². The zero-order valence-electron chi connectivity index (χ0n) is 11.5. The van der Waals surface area contributed by atoms with Crippen molar-refractivity contribution in [3.05, 3.63) is 0 Å². The molecular weight excluding hydrogens is 212 g/mol. The van der Waals surface area contributed by atoms with E-state index in [0.717, 1.165) is 6.04 Å². The van der Waals surface area contributed by atoms with Crippen LogP contribution in [-0.2, 0) is 4.74 Å². The summed E-state index contributed by atoms with van der Waals surface area (Å²) in [5, 5.41) is 3.85. The molecule has 2 fully saturated rings. The summed E-state index contributed by atoms with van der Waals surface area (Å²) in [6.07, 6.45) is 8.31. The Morgan fingerprint density at radius 2 is 1.82 bits per heavy atom. The third kappa shape index (κ3) is 3.67. The molecule has 1 aliphatic heterocycles. The van der Waals surface area contributed by atoms with Crippen molar-refractivity contribution in [2.45, 2.75) is 63.6 Å². The Morgan fingerprint density at radius 1 is 1.12 bits per heavy atom. The van der Waals surface area contributed by atoms with Crippen LogP contribution in [0.4, 0.5) is 0 Å². The quantitative estimate of drug-likeness (QED) is 0.813. The molecule has 3 nitrogen and oxygen atoms in total. The fourth-order valence-electron chi connectivity index (χ4n) is 3.29. The lowest BCUT2D eigenvalue weighted by Gasteiger charge is -2.38. The van der Waals surface area contributed by atoms with Crippen LogP contribution in [0.25, 0.3) is 0 Å². The molecule has 1 saturated carbocycles. The van der Waals surface area contributed by atoms with Gasteiger partial charge in [0.2, 0.25) is 0 Å². The molecule has 0 radical (unpaired) electrons. The second-order valence-corrected chi connectivity index (χ2v) is 5.54. The largest absolute Gasteiger partial charge is 0.380 e. The van der Waals surface area contributed by atoms with E-state index in [1.165, 1.54) is 58.2 Å². The molecule has 0 aromatic heterocycles. The Morgan fingerprint density at radius 3 is 2.47 bits per heavy atom. The smallest absolute Gasteiger partial charge is 0.0724 e. The van der Waals surface area contributed by atoms with Crippen LogP contribution in [0.3, 0.4) is 0 Å². The number of piperidine rings is 1. The fraction of sp³-hybridized carbons (Fsp3) is 1.00. The van der Waals surface area contributed by atoms with E-state index in [2.05, 4.69) is 17.1 Å². The highest BCUT2D eigenvalue weighted by atomic mass is 16.5. The number of ether oxygens (including phenoxy) is 1. The molecule has 1 N–H and O–H groups in total. The minimum absolute atomic E-state index is 0.452. The van der Waals surface area contributed by atoms with Gasteiger partial charge in [-0.3, -0.25) is 0 Å². The molecule has 1 aliphatic carbocycles. The molecule has 2 atom stereocenters. The van der Waals surface area contributed by atoms with Gasteiger partial charge in [-0.1, -0.05) is 19.8 Å². The Balaban J connectivity index is 1.76. The second kappa shape index (κ2) is 6.72. The lowest BCUT2D eigenvalue weighted by atomic mass is 9.91. The highest BCUT2D eigenvalue weighted by Gasteiger charge is 2.28. The average molecular weight is 240 g/mol. The Bertz CT molecular complexity index is 214. The van der Waals surface area contributed by atoms with Gasteiger partial charge in [0, 0.05) is 19.2 Å². The van der Waals surface area contributed by atoms with Crippen LogP contribution in [0.15, 0.2) is 0 Å². The first-order valence-electron chi connectivity index (χ1n) is 7.34. The highest BCUT2D eigenvalue weighted by Crippen LogP contribution is 2.22. The molecule has 2 rings (SSSR count). The number of nitrogens with zero attached hydrogens (tertiary/aromatic N) is 1. The van der Waals surface area contributed by atoms with Gasteiger partial charge in [-0.2, -0.15) is 0 Å². The lowest BCUT2D eigenvalue weighted by Crippen LogP contribution is -2.51. The molecule has 2 aliphatic rings. The third-order valence-corrected chi connectivity index (χ3v) is 4.49. The van der Waals surface area contributed by atoms with Gasteiger partial charge < -0.3 is 15.0 Å². The van der Waals surface area contributed by atoms with Gasteiger partial charge in [-0.25, -0.2) is 0 Å². The molecule has 0 spiro atoms. The molecular formula is C14H28N2O. The van der Waals surface area contributed by atoms with E-state index >= 15 is 0 Å². The molecule has 0 bridgehead atoms. The van der Waals surface area contributed by atoms with Crippen LogP contribution in [0.5, 0.6) is 0 Å². The number of likely N-dealkylation sites (tertiary alicyclic amines) is 1. The van der Waals surface area contributed by atoms with E-state index in [1.807, 2.05) is 7.11 Å². The molecule has 0 amide bonds. The summed E-state index contributed by atoms with van der Waals surface area (Å²) >= 11 is 0. The zero-order chi connectivity index (χ0) is 12.1. The zero-order valence-corrected chi connectivity index (χ0v) is 11.5. The first-order chi connectivity index (χ1) is 8.33. The van der Waals surface area contributed by atoms with E-state index in [0.29, 0.717) is 12.1 Å². The van der Waals surface area contributed by atoms with Crippen LogP contribution in [0.2, 0.25) is 0 Å². The molecule has 3 heteroatoms. The highest BCUT2D eigenvalue weighted by molar-refractivity contribution is 4.86. The summed E-state index contributed by atoms with van der Waals surface area (Å²) in [5.41, 5.74) is 0. The van der Waals surface area contributed by atoms with Crippen LogP contribution < -0.4 is 5.32 Å². The van der Waals surface area contributed by atoms with Gasteiger partial charge in [-0.05, 0) is 45.3 Å². The number of nitrogens with one attached hydrogen (secondary N) is 1. The topological polar surface area (TPSA) is 24.5 Å². The fourth-order valence-corrected chi connectivity index (χ4v) is 3.29. The van der Waals surface area contributed by atoms with Crippen molar-refractivity contribution in [2.75, 3.05) is 26.7 Å². The molecule has 1 heterocycles. The van der Waals surface area contributed by atoms with Crippen molar-refractivity contribution in [1.29, 1.82) is 0 Å². The van der Waals surface area contributed by atoms with Gasteiger partial charge in [0.25, 0.3) is 0 Å². The van der Waals surface area contributed by atoms with Crippen molar-refractivity contribution < 1.29 is 4.74 Å². The standard InChI is InChI=1S/C14H28N2O/c1-3-16-10-8-12(9-11-16)15-13-6-4-5-7-14(13)17-2/h12-15H,3-11H2,1-2H3. The summed E-state index contributed by atoms with van der Waals surface area (Å²) in [5.74, 6) is 0. The van der Waals surface area contributed by atoms with Crippen molar-refractivity contribution in [1.82, 2.24) is 10.2 Å². The summed E-state index contributed by atoms with van der Waals surface area (Å²) in [4.78, 5) is 2.55. The maximum atomic E-state index is 5.61. The van der Waals surface area contributed by atoms with Crippen molar-refractivity contribution in [3.8, 4) is 0 Å². The van der Waals surface area contributed by atoms with Gasteiger partial charge in [0.1, 0.15) is 0 Å². The van der Waals surface area contributed by atoms with Crippen LogP contribution in [-0.4, -0.2) is 49.8 Å². The van der Waals surface area contributed by atoms with E-state index in [1.54, 1.807) is 0 Å². The molecule has 100 valence electrons. The van der Waals surface area contributed by atoms with Crippen molar-refractivity contribution >= 4 is 0 Å². The van der Waals surface area contributed by atoms with Crippen LogP contribution in [0, 0.1) is 0 Å². The minimum Gasteiger partial charge on any atom is -0.380 e. The van der Waals surface area contributed by atoms with Crippen LogP contribution >= 0.6 is 0 Å². The summed E-state index contributed by atoms with van der Waals surface area (Å²) < 4.78 is 5.61. The van der Waals surface area contributed by atoms with Crippen molar-refractivity contribution in [3.63, 3.8) is 0 Å². The molecule has 0 aromatic rings. The number of rotatable bonds is 4. The first kappa shape index (κ1) is 13.3. The van der Waals surface area contributed by atoms with Gasteiger partial charge in [0.05, 0.1) is 6.10 Å².